The average molecular weight is 234 g/mol. The maximum atomic E-state index is 11.7. The first-order chi connectivity index (χ1) is 8.11. The van der Waals surface area contributed by atoms with Crippen LogP contribution in [0, 0.1) is 0 Å². The molecule has 1 aliphatic heterocycles. The number of carbonyl (C=O) groups excluding carboxylic acids is 1. The molecule has 2 atom stereocenters. The number of ether oxygens (including phenoxy) is 1. The van der Waals surface area contributed by atoms with Gasteiger partial charge in [0, 0.05) is 32.0 Å². The monoisotopic (exact) mass is 234 g/mol. The van der Waals surface area contributed by atoms with Crippen molar-refractivity contribution < 1.29 is 9.53 Å². The fourth-order valence-electron chi connectivity index (χ4n) is 2.26. The molecule has 0 spiro atoms. The molecule has 0 radical (unpaired) electrons. The van der Waals surface area contributed by atoms with Crippen molar-refractivity contribution in [1.29, 1.82) is 0 Å². The summed E-state index contributed by atoms with van der Waals surface area (Å²) >= 11 is 0. The van der Waals surface area contributed by atoms with Crippen molar-refractivity contribution in [3.05, 3.63) is 29.8 Å². The van der Waals surface area contributed by atoms with Crippen molar-refractivity contribution in [3.63, 3.8) is 0 Å². The Balaban J connectivity index is 2.17. The molecule has 1 amide bonds. The van der Waals surface area contributed by atoms with Crippen LogP contribution in [-0.2, 0) is 4.79 Å². The summed E-state index contributed by atoms with van der Waals surface area (Å²) in [6.07, 6.45) is 0.490. The molecular weight excluding hydrogens is 216 g/mol. The third-order valence-corrected chi connectivity index (χ3v) is 3.37. The minimum atomic E-state index is 0.00564. The smallest absolute Gasteiger partial charge is 0.223 e. The van der Waals surface area contributed by atoms with E-state index in [9.17, 15) is 4.79 Å². The molecule has 4 nitrogen and oxygen atoms in total. The van der Waals surface area contributed by atoms with Gasteiger partial charge in [-0.2, -0.15) is 0 Å². The molecule has 92 valence electrons. The lowest BCUT2D eigenvalue weighted by molar-refractivity contribution is -0.132. The minimum absolute atomic E-state index is 0.00564. The van der Waals surface area contributed by atoms with Crippen LogP contribution in [0.1, 0.15) is 17.9 Å². The fraction of sp³-hybridized carbons (Fsp3) is 0.462. The summed E-state index contributed by atoms with van der Waals surface area (Å²) in [6.45, 7) is 0.621. The number of hydrogen-bond donors (Lipinski definition) is 1. The van der Waals surface area contributed by atoms with E-state index in [-0.39, 0.29) is 17.9 Å². The average Bonchev–Trinajstić information content (AvgIpc) is 2.34. The number of rotatable bonds is 2. The zero-order valence-electron chi connectivity index (χ0n) is 10.2. The predicted molar refractivity (Wildman–Crippen MR) is 66.0 cm³/mol. The largest absolute Gasteiger partial charge is 0.497 e. The second-order valence-corrected chi connectivity index (χ2v) is 4.52. The topological polar surface area (TPSA) is 55.6 Å². The third kappa shape index (κ3) is 2.42. The molecule has 2 N–H and O–H groups in total. The number of nitrogens with zero attached hydrogens (tertiary/aromatic N) is 1. The van der Waals surface area contributed by atoms with Gasteiger partial charge in [-0.15, -0.1) is 0 Å². The van der Waals surface area contributed by atoms with Crippen LogP contribution in [0.15, 0.2) is 24.3 Å². The molecule has 1 aromatic carbocycles. The quantitative estimate of drug-likeness (QED) is 0.829. The van der Waals surface area contributed by atoms with Gasteiger partial charge in [0.1, 0.15) is 5.75 Å². The number of hydrogen-bond acceptors (Lipinski definition) is 3. The number of likely N-dealkylation sites (N-methyl/N-ethyl adjacent to an activating group) is 1. The Bertz CT molecular complexity index is 402. The summed E-state index contributed by atoms with van der Waals surface area (Å²) < 4.78 is 5.12. The molecule has 1 saturated heterocycles. The second-order valence-electron chi connectivity index (χ2n) is 4.52. The number of amides is 1. The van der Waals surface area contributed by atoms with Crippen LogP contribution < -0.4 is 10.5 Å². The van der Waals surface area contributed by atoms with Gasteiger partial charge in [-0.25, -0.2) is 0 Å². The van der Waals surface area contributed by atoms with Gasteiger partial charge in [0.25, 0.3) is 0 Å². The highest BCUT2D eigenvalue weighted by atomic mass is 16.5. The van der Waals surface area contributed by atoms with Crippen LogP contribution in [0.3, 0.4) is 0 Å². The number of benzene rings is 1. The third-order valence-electron chi connectivity index (χ3n) is 3.37. The lowest BCUT2D eigenvalue weighted by atomic mass is 9.85. The molecule has 0 bridgehead atoms. The van der Waals surface area contributed by atoms with E-state index in [1.807, 2.05) is 24.3 Å². The molecule has 0 aromatic heterocycles. The molecule has 2 rings (SSSR count). The number of piperidine rings is 1. The van der Waals surface area contributed by atoms with E-state index in [1.165, 1.54) is 0 Å². The summed E-state index contributed by atoms with van der Waals surface area (Å²) in [6, 6.07) is 7.80. The van der Waals surface area contributed by atoms with Gasteiger partial charge in [-0.3, -0.25) is 4.79 Å². The van der Waals surface area contributed by atoms with E-state index in [4.69, 9.17) is 10.5 Å². The Morgan fingerprint density at radius 3 is 2.59 bits per heavy atom. The highest BCUT2D eigenvalue weighted by Crippen LogP contribution is 2.28. The lowest BCUT2D eigenvalue weighted by Gasteiger charge is -2.34. The van der Waals surface area contributed by atoms with Crippen molar-refractivity contribution >= 4 is 5.91 Å². The highest BCUT2D eigenvalue weighted by molar-refractivity contribution is 5.78. The van der Waals surface area contributed by atoms with Gasteiger partial charge in [0.05, 0.1) is 7.11 Å². The molecular formula is C13H18N2O2. The number of nitrogens with two attached hydrogens (primary N) is 1. The Morgan fingerprint density at radius 2 is 2.00 bits per heavy atom. The lowest BCUT2D eigenvalue weighted by Crippen LogP contribution is -2.48. The van der Waals surface area contributed by atoms with E-state index in [1.54, 1.807) is 19.1 Å². The SMILES string of the molecule is COc1ccc(C2CC(=O)N(C)CC2N)cc1. The molecule has 1 aliphatic rings. The Hall–Kier alpha value is -1.55. The van der Waals surface area contributed by atoms with Gasteiger partial charge in [-0.1, -0.05) is 12.1 Å². The van der Waals surface area contributed by atoms with Gasteiger partial charge in [0.2, 0.25) is 5.91 Å². The van der Waals surface area contributed by atoms with Gasteiger partial charge in [0.15, 0.2) is 0 Å². The molecule has 1 fully saturated rings. The zero-order valence-corrected chi connectivity index (χ0v) is 10.2. The second kappa shape index (κ2) is 4.75. The Morgan fingerprint density at radius 1 is 1.35 bits per heavy atom. The molecule has 2 unspecified atom stereocenters. The van der Waals surface area contributed by atoms with Crippen LogP contribution in [0.25, 0.3) is 0 Å². The molecule has 4 heteroatoms. The highest BCUT2D eigenvalue weighted by Gasteiger charge is 2.30. The van der Waals surface area contributed by atoms with Crippen LogP contribution in [0.2, 0.25) is 0 Å². The Kier molecular flexibility index (Phi) is 3.33. The van der Waals surface area contributed by atoms with Gasteiger partial charge < -0.3 is 15.4 Å². The number of methoxy groups -OCH3 is 1. The van der Waals surface area contributed by atoms with Crippen LogP contribution in [-0.4, -0.2) is 37.6 Å². The summed E-state index contributed by atoms with van der Waals surface area (Å²) in [4.78, 5) is 13.4. The maximum Gasteiger partial charge on any atom is 0.223 e. The molecule has 1 heterocycles. The van der Waals surface area contributed by atoms with E-state index in [0.29, 0.717) is 13.0 Å². The van der Waals surface area contributed by atoms with E-state index in [0.717, 1.165) is 11.3 Å². The summed E-state index contributed by atoms with van der Waals surface area (Å²) in [5, 5.41) is 0. The Labute approximate surface area is 101 Å². The maximum absolute atomic E-state index is 11.7. The normalized spacial score (nSPS) is 24.9. The standard InChI is InChI=1S/C13H18N2O2/c1-15-8-12(14)11(7-13(15)16)9-3-5-10(17-2)6-4-9/h3-6,11-12H,7-8,14H2,1-2H3. The van der Waals surface area contributed by atoms with Crippen LogP contribution >= 0.6 is 0 Å². The first-order valence-corrected chi connectivity index (χ1v) is 5.75. The van der Waals surface area contributed by atoms with Gasteiger partial charge in [-0.05, 0) is 17.7 Å². The summed E-state index contributed by atoms with van der Waals surface area (Å²) in [5.41, 5.74) is 7.22. The van der Waals surface area contributed by atoms with Crippen LogP contribution in [0.4, 0.5) is 0 Å². The van der Waals surface area contributed by atoms with E-state index < -0.39 is 0 Å². The van der Waals surface area contributed by atoms with E-state index in [2.05, 4.69) is 0 Å². The van der Waals surface area contributed by atoms with Gasteiger partial charge >= 0.3 is 0 Å². The van der Waals surface area contributed by atoms with Crippen molar-refractivity contribution in [3.8, 4) is 5.75 Å². The minimum Gasteiger partial charge on any atom is -0.497 e. The van der Waals surface area contributed by atoms with Crippen molar-refractivity contribution in [2.45, 2.75) is 18.4 Å². The molecule has 1 aromatic rings. The predicted octanol–water partition coefficient (Wildman–Crippen LogP) is 0.968. The molecule has 17 heavy (non-hydrogen) atoms. The van der Waals surface area contributed by atoms with E-state index >= 15 is 0 Å². The number of likely N-dealkylation sites (tertiary alicyclic amines) is 1. The molecule has 0 aliphatic carbocycles. The zero-order chi connectivity index (χ0) is 12.4. The molecule has 0 saturated carbocycles. The number of carbonyl (C=O) groups is 1. The summed E-state index contributed by atoms with van der Waals surface area (Å²) in [5.74, 6) is 1.10. The van der Waals surface area contributed by atoms with Crippen molar-refractivity contribution in [2.24, 2.45) is 5.73 Å². The van der Waals surface area contributed by atoms with Crippen molar-refractivity contribution in [2.75, 3.05) is 20.7 Å². The van der Waals surface area contributed by atoms with Crippen molar-refractivity contribution in [1.82, 2.24) is 4.90 Å². The van der Waals surface area contributed by atoms with Crippen LogP contribution in [0.5, 0.6) is 5.75 Å². The summed E-state index contributed by atoms with van der Waals surface area (Å²) in [7, 11) is 3.44. The first kappa shape index (κ1) is 11.9. The fourth-order valence-corrected chi connectivity index (χ4v) is 2.26. The first-order valence-electron chi connectivity index (χ1n) is 5.75.